The average molecular weight is 412 g/mol. The summed E-state index contributed by atoms with van der Waals surface area (Å²) < 4.78 is 0.756. The molecule has 0 atom stereocenters. The summed E-state index contributed by atoms with van der Waals surface area (Å²) in [6, 6.07) is 5.21. The summed E-state index contributed by atoms with van der Waals surface area (Å²) in [6.07, 6.45) is 2.04. The number of alkyl halides is 1. The smallest absolute Gasteiger partial charge is 0.252 e. The van der Waals surface area contributed by atoms with Crippen molar-refractivity contribution in [3.05, 3.63) is 33.3 Å². The van der Waals surface area contributed by atoms with Crippen LogP contribution in [0.1, 0.15) is 37.0 Å². The lowest BCUT2D eigenvalue weighted by atomic mass is 9.84. The van der Waals surface area contributed by atoms with Crippen LogP contribution >= 0.6 is 43.5 Å². The van der Waals surface area contributed by atoms with Gasteiger partial charge in [0, 0.05) is 21.4 Å². The van der Waals surface area contributed by atoms with Gasteiger partial charge in [-0.15, -0.1) is 0 Å². The normalized spacial score (nSPS) is 11.4. The molecule has 0 aliphatic carbocycles. The van der Waals surface area contributed by atoms with Crippen molar-refractivity contribution in [2.75, 3.05) is 11.9 Å². The van der Waals surface area contributed by atoms with E-state index in [-0.39, 0.29) is 11.3 Å². The van der Waals surface area contributed by atoms with Gasteiger partial charge in [0.15, 0.2) is 0 Å². The third-order valence-electron chi connectivity index (χ3n) is 3.58. The van der Waals surface area contributed by atoms with Gasteiger partial charge in [0.2, 0.25) is 0 Å². The molecular formula is C14H18Br2ClNO. The first-order chi connectivity index (χ1) is 8.98. The van der Waals surface area contributed by atoms with E-state index in [0.29, 0.717) is 17.1 Å². The Bertz CT molecular complexity index is 439. The van der Waals surface area contributed by atoms with E-state index in [1.807, 2.05) is 0 Å². The third-order valence-corrected chi connectivity index (χ3v) is 5.70. The van der Waals surface area contributed by atoms with Crippen molar-refractivity contribution in [1.82, 2.24) is 5.32 Å². The summed E-state index contributed by atoms with van der Waals surface area (Å²) in [5, 5.41) is 4.44. The summed E-state index contributed by atoms with van der Waals surface area (Å²) in [4.78, 5) is 12.2. The molecule has 19 heavy (non-hydrogen) atoms. The minimum absolute atomic E-state index is 0.0957. The number of hydrogen-bond donors (Lipinski definition) is 1. The molecule has 0 radical (unpaired) electrons. The van der Waals surface area contributed by atoms with Crippen molar-refractivity contribution in [3.8, 4) is 0 Å². The molecule has 1 rings (SSSR count). The molecule has 1 aromatic rings. The van der Waals surface area contributed by atoms with Crippen molar-refractivity contribution in [3.63, 3.8) is 0 Å². The molecule has 106 valence electrons. The predicted octanol–water partition coefficient (Wildman–Crippen LogP) is 5.03. The Hall–Kier alpha value is -0.0600. The standard InChI is InChI=1S/C14H18Br2ClNO/c1-3-14(4-2,8-15)9-18-13(19)11-7-10(17)5-6-12(11)16/h5-7H,3-4,8-9H2,1-2H3,(H,18,19). The second kappa shape index (κ2) is 7.65. The summed E-state index contributed by atoms with van der Waals surface area (Å²) in [5.41, 5.74) is 0.684. The molecule has 0 aliphatic rings. The Balaban J connectivity index is 2.77. The lowest BCUT2D eigenvalue weighted by Crippen LogP contribution is -2.38. The third kappa shape index (κ3) is 4.47. The molecule has 1 aromatic carbocycles. The van der Waals surface area contributed by atoms with Gasteiger partial charge in [0.1, 0.15) is 0 Å². The van der Waals surface area contributed by atoms with Crippen molar-refractivity contribution >= 4 is 49.4 Å². The van der Waals surface area contributed by atoms with E-state index < -0.39 is 0 Å². The van der Waals surface area contributed by atoms with Crippen LogP contribution in [0, 0.1) is 5.41 Å². The van der Waals surface area contributed by atoms with Crippen LogP contribution in [0.15, 0.2) is 22.7 Å². The molecule has 0 heterocycles. The first-order valence-electron chi connectivity index (χ1n) is 6.27. The summed E-state index contributed by atoms with van der Waals surface area (Å²) in [5.74, 6) is -0.0957. The molecule has 1 amide bonds. The van der Waals surface area contributed by atoms with E-state index in [4.69, 9.17) is 11.6 Å². The van der Waals surface area contributed by atoms with Crippen molar-refractivity contribution in [2.24, 2.45) is 5.41 Å². The van der Waals surface area contributed by atoms with Gasteiger partial charge in [0.05, 0.1) is 5.56 Å². The molecule has 0 spiro atoms. The lowest BCUT2D eigenvalue weighted by Gasteiger charge is -2.29. The molecule has 0 saturated heterocycles. The zero-order valence-corrected chi connectivity index (χ0v) is 15.0. The number of benzene rings is 1. The number of hydrogen-bond acceptors (Lipinski definition) is 1. The van der Waals surface area contributed by atoms with Gasteiger partial charge in [-0.1, -0.05) is 41.4 Å². The van der Waals surface area contributed by atoms with Gasteiger partial charge in [-0.05, 0) is 52.4 Å². The van der Waals surface area contributed by atoms with E-state index in [9.17, 15) is 4.79 Å². The van der Waals surface area contributed by atoms with Gasteiger partial charge < -0.3 is 5.32 Å². The van der Waals surface area contributed by atoms with Crippen molar-refractivity contribution in [2.45, 2.75) is 26.7 Å². The van der Waals surface area contributed by atoms with Crippen LogP contribution in [0.4, 0.5) is 0 Å². The van der Waals surface area contributed by atoms with Crippen molar-refractivity contribution in [1.29, 1.82) is 0 Å². The predicted molar refractivity (Wildman–Crippen MR) is 88.3 cm³/mol. The highest BCUT2D eigenvalue weighted by Gasteiger charge is 2.25. The Labute approximate surface area is 136 Å². The zero-order valence-electron chi connectivity index (χ0n) is 11.1. The number of rotatable bonds is 6. The Morgan fingerprint density at radius 3 is 2.53 bits per heavy atom. The number of amides is 1. The van der Waals surface area contributed by atoms with E-state index in [1.54, 1.807) is 18.2 Å². The topological polar surface area (TPSA) is 29.1 Å². The van der Waals surface area contributed by atoms with Gasteiger partial charge in [0.25, 0.3) is 5.91 Å². The summed E-state index contributed by atoms with van der Waals surface area (Å²) in [7, 11) is 0. The molecule has 1 N–H and O–H groups in total. The molecule has 0 saturated carbocycles. The highest BCUT2D eigenvalue weighted by atomic mass is 79.9. The highest BCUT2D eigenvalue weighted by Crippen LogP contribution is 2.28. The quantitative estimate of drug-likeness (QED) is 0.654. The molecule has 0 aromatic heterocycles. The maximum absolute atomic E-state index is 12.2. The molecule has 0 bridgehead atoms. The van der Waals surface area contributed by atoms with Crippen LogP contribution < -0.4 is 5.32 Å². The SMILES string of the molecule is CCC(CC)(CBr)CNC(=O)c1cc(Cl)ccc1Br. The van der Waals surface area contributed by atoms with Crippen LogP contribution in [0.5, 0.6) is 0 Å². The first-order valence-corrected chi connectivity index (χ1v) is 8.56. The van der Waals surface area contributed by atoms with Gasteiger partial charge >= 0.3 is 0 Å². The van der Waals surface area contributed by atoms with E-state index in [2.05, 4.69) is 51.0 Å². The summed E-state index contributed by atoms with van der Waals surface area (Å²) >= 11 is 12.8. The van der Waals surface area contributed by atoms with Crippen LogP contribution in [0.3, 0.4) is 0 Å². The first kappa shape index (κ1) is 17.0. The molecule has 0 fully saturated rings. The fourth-order valence-corrected chi connectivity index (χ4v) is 3.36. The average Bonchev–Trinajstić information content (AvgIpc) is 2.43. The highest BCUT2D eigenvalue weighted by molar-refractivity contribution is 9.10. The zero-order chi connectivity index (χ0) is 14.5. The minimum Gasteiger partial charge on any atom is -0.351 e. The van der Waals surface area contributed by atoms with Gasteiger partial charge in [-0.2, -0.15) is 0 Å². The molecule has 0 aliphatic heterocycles. The van der Waals surface area contributed by atoms with E-state index in [0.717, 1.165) is 22.6 Å². The number of halogens is 3. The Morgan fingerprint density at radius 2 is 2.00 bits per heavy atom. The molecule has 0 unspecified atom stereocenters. The van der Waals surface area contributed by atoms with Crippen LogP contribution in [-0.4, -0.2) is 17.8 Å². The van der Waals surface area contributed by atoms with Crippen LogP contribution in [0.25, 0.3) is 0 Å². The monoisotopic (exact) mass is 409 g/mol. The van der Waals surface area contributed by atoms with Gasteiger partial charge in [-0.3, -0.25) is 4.79 Å². The number of carbonyl (C=O) groups is 1. The van der Waals surface area contributed by atoms with E-state index >= 15 is 0 Å². The van der Waals surface area contributed by atoms with E-state index in [1.165, 1.54) is 0 Å². The second-order valence-electron chi connectivity index (χ2n) is 4.65. The summed E-state index contributed by atoms with van der Waals surface area (Å²) in [6.45, 7) is 4.95. The van der Waals surface area contributed by atoms with Crippen LogP contribution in [0.2, 0.25) is 5.02 Å². The number of carbonyl (C=O) groups excluding carboxylic acids is 1. The largest absolute Gasteiger partial charge is 0.351 e. The second-order valence-corrected chi connectivity index (χ2v) is 6.50. The van der Waals surface area contributed by atoms with Gasteiger partial charge in [-0.25, -0.2) is 0 Å². The van der Waals surface area contributed by atoms with Crippen molar-refractivity contribution < 1.29 is 4.79 Å². The Morgan fingerprint density at radius 1 is 1.37 bits per heavy atom. The number of nitrogens with one attached hydrogen (secondary N) is 1. The fraction of sp³-hybridized carbons (Fsp3) is 0.500. The lowest BCUT2D eigenvalue weighted by molar-refractivity contribution is 0.0931. The maximum atomic E-state index is 12.2. The van der Waals surface area contributed by atoms with Crippen LogP contribution in [-0.2, 0) is 0 Å². The fourth-order valence-electron chi connectivity index (χ4n) is 1.77. The minimum atomic E-state index is -0.0957. The molecular weight excluding hydrogens is 393 g/mol. The maximum Gasteiger partial charge on any atom is 0.252 e. The Kier molecular flexibility index (Phi) is 6.84. The molecule has 2 nitrogen and oxygen atoms in total. The molecule has 5 heteroatoms.